The minimum absolute atomic E-state index is 0.331. The summed E-state index contributed by atoms with van der Waals surface area (Å²) in [5.41, 5.74) is 0. The molecule has 16 heteroatoms. The Balaban J connectivity index is 5.03. The van der Waals surface area contributed by atoms with E-state index < -0.39 is 24.0 Å². The first-order valence-corrected chi connectivity index (χ1v) is 26.4. The second kappa shape index (κ2) is 17.8. The molecule has 0 bridgehead atoms. The fraction of sp³-hybridized carbons (Fsp3) is 1.00. The van der Waals surface area contributed by atoms with Crippen molar-refractivity contribution in [1.29, 1.82) is 0 Å². The van der Waals surface area contributed by atoms with Crippen LogP contribution in [0.4, 0.5) is 0 Å². The molecule has 185 valence electrons. The molecule has 0 rings (SSSR count). The van der Waals surface area contributed by atoms with Gasteiger partial charge in [0.15, 0.2) is 0 Å². The van der Waals surface area contributed by atoms with E-state index in [4.69, 9.17) is 114 Å². The molecular weight excluding hydrogens is 660 g/mol. The molecule has 0 N–H and O–H groups in total. The SMILES string of the molecule is [Si]CCCCCC(OCCC[Si](Cl)(Cl)Cl)(OCCC[Si](Cl)(Cl)Cl)OCCC[Si](Cl)(Cl)Cl. The molecule has 0 saturated heterocycles. The van der Waals surface area contributed by atoms with Gasteiger partial charge in [0, 0.05) is 16.7 Å². The van der Waals surface area contributed by atoms with Crippen LogP contribution in [0.15, 0.2) is 0 Å². The summed E-state index contributed by atoms with van der Waals surface area (Å²) in [5, 5.41) is 0. The number of hydrogen-bond donors (Lipinski definition) is 0. The van der Waals surface area contributed by atoms with Crippen LogP contribution in [0.5, 0.6) is 0 Å². The van der Waals surface area contributed by atoms with Crippen molar-refractivity contribution in [2.45, 2.75) is 75.1 Å². The summed E-state index contributed by atoms with van der Waals surface area (Å²) in [6, 6.07) is -5.80. The van der Waals surface area contributed by atoms with Crippen molar-refractivity contribution in [3.63, 3.8) is 0 Å². The van der Waals surface area contributed by atoms with Crippen molar-refractivity contribution in [2.75, 3.05) is 19.8 Å². The van der Waals surface area contributed by atoms with Gasteiger partial charge < -0.3 is 14.2 Å². The van der Waals surface area contributed by atoms with Crippen molar-refractivity contribution in [3.05, 3.63) is 0 Å². The zero-order valence-corrected chi connectivity index (χ0v) is 27.8. The van der Waals surface area contributed by atoms with Crippen LogP contribution >= 0.6 is 99.7 Å². The highest BCUT2D eigenvalue weighted by Gasteiger charge is 2.35. The fourth-order valence-electron chi connectivity index (χ4n) is 2.49. The van der Waals surface area contributed by atoms with E-state index in [1.165, 1.54) is 0 Å². The molecule has 0 saturated carbocycles. The lowest BCUT2D eigenvalue weighted by atomic mass is 10.2. The van der Waals surface area contributed by atoms with Crippen LogP contribution in [-0.2, 0) is 14.2 Å². The van der Waals surface area contributed by atoms with Crippen LogP contribution in [0.25, 0.3) is 0 Å². The van der Waals surface area contributed by atoms with Crippen LogP contribution in [0.3, 0.4) is 0 Å². The van der Waals surface area contributed by atoms with Gasteiger partial charge in [0.1, 0.15) is 0 Å². The van der Waals surface area contributed by atoms with Crippen LogP contribution in [-0.4, -0.2) is 54.0 Å². The Kier molecular flexibility index (Phi) is 19.7. The summed E-state index contributed by atoms with van der Waals surface area (Å²) in [4.78, 5) is 0. The molecule has 31 heavy (non-hydrogen) atoms. The second-order valence-electron chi connectivity index (χ2n) is 6.95. The normalized spacial score (nSPS) is 13.7. The number of hydrogen-bond acceptors (Lipinski definition) is 3. The fourth-order valence-corrected chi connectivity index (χ4v) is 7.98. The highest BCUT2D eigenvalue weighted by Crippen LogP contribution is 2.31. The van der Waals surface area contributed by atoms with Gasteiger partial charge in [-0.3, -0.25) is 0 Å². The first-order chi connectivity index (χ1) is 14.2. The van der Waals surface area contributed by atoms with E-state index in [0.717, 1.165) is 25.3 Å². The number of halogens is 9. The van der Waals surface area contributed by atoms with Crippen molar-refractivity contribution < 1.29 is 14.2 Å². The van der Waals surface area contributed by atoms with E-state index >= 15 is 0 Å². The average Bonchev–Trinajstić information content (AvgIpc) is 2.61. The van der Waals surface area contributed by atoms with E-state index in [1.807, 2.05) is 0 Å². The molecule has 0 fully saturated rings. The summed E-state index contributed by atoms with van der Waals surface area (Å²) in [6.07, 6.45) is 5.16. The van der Waals surface area contributed by atoms with Crippen molar-refractivity contribution >= 4 is 128 Å². The summed E-state index contributed by atoms with van der Waals surface area (Å²) < 4.78 is 18.3. The van der Waals surface area contributed by atoms with Crippen molar-refractivity contribution in [1.82, 2.24) is 0 Å². The Morgan fingerprint density at radius 3 is 1.16 bits per heavy atom. The lowest BCUT2D eigenvalue weighted by Gasteiger charge is -2.34. The first-order valence-electron chi connectivity index (χ1n) is 9.95. The third-order valence-corrected chi connectivity index (χ3v) is 12.2. The zero-order chi connectivity index (χ0) is 24.0. The van der Waals surface area contributed by atoms with Crippen LogP contribution in [0, 0.1) is 0 Å². The minimum atomic E-state index is -2.72. The topological polar surface area (TPSA) is 27.7 Å². The molecule has 0 spiro atoms. The molecule has 0 amide bonds. The standard InChI is InChI=1S/C15H28Cl9O3Si4/c16-29(17,18)12-4-8-25-15(7-2-1-3-11-28,26-9-5-13-30(19,20)21)27-10-6-14-31(22,23)24/h1-14H2. The highest BCUT2D eigenvalue weighted by atomic mass is 35.9. The van der Waals surface area contributed by atoms with E-state index in [1.54, 1.807) is 0 Å². The number of unbranched alkanes of at least 4 members (excludes halogenated alkanes) is 2. The van der Waals surface area contributed by atoms with E-state index in [9.17, 15) is 0 Å². The molecule has 0 atom stereocenters. The molecule has 0 aliphatic heterocycles. The summed E-state index contributed by atoms with van der Waals surface area (Å²) in [6.45, 7) is 0.992. The lowest BCUT2D eigenvalue weighted by molar-refractivity contribution is -0.383. The Hall–Kier alpha value is 3.36. The van der Waals surface area contributed by atoms with Gasteiger partial charge in [-0.25, -0.2) is 0 Å². The van der Waals surface area contributed by atoms with Gasteiger partial charge in [0.2, 0.25) is 0 Å². The molecule has 0 aliphatic rings. The molecule has 3 radical (unpaired) electrons. The molecule has 0 aliphatic carbocycles. The Morgan fingerprint density at radius 2 is 0.871 bits per heavy atom. The van der Waals surface area contributed by atoms with Crippen LogP contribution in [0.2, 0.25) is 24.2 Å². The predicted molar refractivity (Wildman–Crippen MR) is 148 cm³/mol. The van der Waals surface area contributed by atoms with Crippen molar-refractivity contribution in [3.8, 4) is 0 Å². The maximum absolute atomic E-state index is 6.08. The average molecular weight is 688 g/mol. The van der Waals surface area contributed by atoms with Gasteiger partial charge in [-0.2, -0.15) is 0 Å². The maximum atomic E-state index is 6.08. The summed E-state index contributed by atoms with van der Waals surface area (Å²) in [7, 11) is 3.49. The van der Waals surface area contributed by atoms with E-state index in [2.05, 4.69) is 10.2 Å². The predicted octanol–water partition coefficient (Wildman–Crippen LogP) is 8.97. The molecule has 0 aromatic rings. The third kappa shape index (κ3) is 23.5. The van der Waals surface area contributed by atoms with Crippen LogP contribution < -0.4 is 0 Å². The second-order valence-corrected chi connectivity index (χ2v) is 35.3. The first kappa shape index (κ1) is 34.4. The van der Waals surface area contributed by atoms with Crippen LogP contribution in [0.1, 0.15) is 44.9 Å². The Morgan fingerprint density at radius 1 is 0.516 bits per heavy atom. The molecule has 3 nitrogen and oxygen atoms in total. The van der Waals surface area contributed by atoms with Gasteiger partial charge in [0.25, 0.3) is 5.97 Å². The largest absolute Gasteiger partial charge is 0.341 e. The van der Waals surface area contributed by atoms with Gasteiger partial charge in [0.05, 0.1) is 19.8 Å². The zero-order valence-electron chi connectivity index (χ0n) is 17.0. The molecule has 0 aromatic carbocycles. The van der Waals surface area contributed by atoms with E-state index in [0.29, 0.717) is 63.6 Å². The van der Waals surface area contributed by atoms with E-state index in [-0.39, 0.29) is 0 Å². The molecule has 0 aromatic heterocycles. The summed E-state index contributed by atoms with van der Waals surface area (Å²) >= 11 is 53.7. The monoisotopic (exact) mass is 683 g/mol. The maximum Gasteiger partial charge on any atom is 0.341 e. The molecular formula is C15H28Cl9O3Si4. The van der Waals surface area contributed by atoms with Gasteiger partial charge >= 0.3 is 18.0 Å². The number of rotatable bonds is 20. The summed E-state index contributed by atoms with van der Waals surface area (Å²) in [5.74, 6) is -1.23. The Bertz CT molecular complexity index is 407. The molecule has 0 unspecified atom stereocenters. The van der Waals surface area contributed by atoms with Gasteiger partial charge in [-0.15, -0.1) is 99.7 Å². The lowest BCUT2D eigenvalue weighted by Crippen LogP contribution is -2.41. The third-order valence-electron chi connectivity index (χ3n) is 3.94. The number of ether oxygens (including phenoxy) is 3. The van der Waals surface area contributed by atoms with Crippen molar-refractivity contribution in [2.24, 2.45) is 0 Å². The molecule has 0 heterocycles. The minimum Gasteiger partial charge on any atom is -0.327 e. The quantitative estimate of drug-likeness (QED) is 0.0554. The Labute approximate surface area is 235 Å². The smallest absolute Gasteiger partial charge is 0.327 e. The van der Waals surface area contributed by atoms with Gasteiger partial charge in [-0.1, -0.05) is 18.9 Å². The highest BCUT2D eigenvalue weighted by molar-refractivity contribution is 7.65. The van der Waals surface area contributed by atoms with Gasteiger partial charge in [-0.05, 0) is 43.8 Å².